The molecule has 1 aliphatic rings. The van der Waals surface area contributed by atoms with Gasteiger partial charge in [0.15, 0.2) is 9.84 Å². The Balaban J connectivity index is 2.19. The molecular formula is C21H29N3O6S. The number of sulfone groups is 1. The fraction of sp³-hybridized carbons (Fsp3) is 0.571. The number of rotatable bonds is 3. The summed E-state index contributed by atoms with van der Waals surface area (Å²) in [7, 11) is -2.49. The second-order valence-electron chi connectivity index (χ2n) is 9.09. The lowest BCUT2D eigenvalue weighted by Crippen LogP contribution is -2.46. The number of imidazole rings is 1. The van der Waals surface area contributed by atoms with Crippen LogP contribution in [0.25, 0.3) is 11.0 Å². The smallest absolute Gasteiger partial charge is 0.410 e. The first-order valence-corrected chi connectivity index (χ1v) is 12.0. The maximum Gasteiger partial charge on any atom is 0.410 e. The zero-order valence-corrected chi connectivity index (χ0v) is 19.7. The van der Waals surface area contributed by atoms with Crippen LogP contribution in [-0.4, -0.2) is 60.4 Å². The molecule has 0 saturated carbocycles. The molecule has 0 unspecified atom stereocenters. The molecule has 2 aromatic rings. The molecule has 1 atom stereocenters. The van der Waals surface area contributed by atoms with Crippen LogP contribution in [0.2, 0.25) is 0 Å². The number of benzene rings is 1. The van der Waals surface area contributed by atoms with Crippen LogP contribution in [-0.2, 0) is 25.9 Å². The molecule has 31 heavy (non-hydrogen) atoms. The monoisotopic (exact) mass is 451 g/mol. The van der Waals surface area contributed by atoms with Gasteiger partial charge in [-0.3, -0.25) is 4.90 Å². The molecule has 1 amide bonds. The van der Waals surface area contributed by atoms with Crippen molar-refractivity contribution in [2.24, 2.45) is 5.92 Å². The fourth-order valence-electron chi connectivity index (χ4n) is 3.88. The Morgan fingerprint density at radius 3 is 2.35 bits per heavy atom. The van der Waals surface area contributed by atoms with Crippen LogP contribution in [0.1, 0.15) is 56.8 Å². The van der Waals surface area contributed by atoms with E-state index in [0.29, 0.717) is 29.9 Å². The summed E-state index contributed by atoms with van der Waals surface area (Å²) in [4.78, 5) is 31.3. The first kappa shape index (κ1) is 23.1. The molecule has 170 valence electrons. The summed E-state index contributed by atoms with van der Waals surface area (Å²) in [5, 5.41) is 0. The number of fused-ring (bicyclic) bond motifs is 3. The van der Waals surface area contributed by atoms with Gasteiger partial charge in [0.05, 0.1) is 34.6 Å². The number of carbonyl (C=O) groups excluding carboxylic acids is 2. The molecule has 3 rings (SSSR count). The van der Waals surface area contributed by atoms with Gasteiger partial charge < -0.3 is 14.0 Å². The van der Waals surface area contributed by atoms with Gasteiger partial charge in [0.1, 0.15) is 11.4 Å². The number of esters is 1. The van der Waals surface area contributed by atoms with E-state index in [9.17, 15) is 18.0 Å². The van der Waals surface area contributed by atoms with E-state index in [1.165, 1.54) is 19.2 Å². The zero-order valence-electron chi connectivity index (χ0n) is 18.9. The van der Waals surface area contributed by atoms with Gasteiger partial charge >= 0.3 is 12.1 Å². The highest BCUT2D eigenvalue weighted by molar-refractivity contribution is 7.90. The summed E-state index contributed by atoms with van der Waals surface area (Å²) >= 11 is 0. The average molecular weight is 452 g/mol. The number of ether oxygens (including phenoxy) is 2. The molecule has 9 nitrogen and oxygen atoms in total. The van der Waals surface area contributed by atoms with Crippen molar-refractivity contribution in [1.82, 2.24) is 14.5 Å². The van der Waals surface area contributed by atoms with Crippen LogP contribution in [0.5, 0.6) is 0 Å². The standard InChI is InChI=1S/C21H29N3O6S/c1-12(2)17-18-22-14-10-13(19(25)29-6)16(31(7,27)28)11-15(14)23(18)8-9-24(17)20(26)30-21(3,4)5/h10-12,17H,8-9H2,1-7H3/t17-/m1/s1. The summed E-state index contributed by atoms with van der Waals surface area (Å²) in [6.45, 7) is 10.2. The Morgan fingerprint density at radius 2 is 1.84 bits per heavy atom. The van der Waals surface area contributed by atoms with E-state index < -0.39 is 27.5 Å². The number of hydrogen-bond acceptors (Lipinski definition) is 7. The normalized spacial score (nSPS) is 17.0. The van der Waals surface area contributed by atoms with Crippen molar-refractivity contribution in [2.75, 3.05) is 19.9 Å². The Bertz CT molecular complexity index is 1140. The molecule has 0 radical (unpaired) electrons. The third-order valence-electron chi connectivity index (χ3n) is 5.11. The van der Waals surface area contributed by atoms with Crippen molar-refractivity contribution in [3.05, 3.63) is 23.5 Å². The topological polar surface area (TPSA) is 108 Å². The second kappa shape index (κ2) is 7.81. The highest BCUT2D eigenvalue weighted by atomic mass is 32.2. The predicted octanol–water partition coefficient (Wildman–Crippen LogP) is 3.17. The maximum atomic E-state index is 12.8. The minimum absolute atomic E-state index is 0.0258. The molecule has 1 aromatic heterocycles. The van der Waals surface area contributed by atoms with Crippen LogP contribution < -0.4 is 0 Å². The van der Waals surface area contributed by atoms with Crippen molar-refractivity contribution in [3.63, 3.8) is 0 Å². The van der Waals surface area contributed by atoms with Crippen molar-refractivity contribution < 1.29 is 27.5 Å². The molecule has 0 fully saturated rings. The lowest BCUT2D eigenvalue weighted by atomic mass is 10.0. The Kier molecular flexibility index (Phi) is 5.81. The molecule has 0 bridgehead atoms. The lowest BCUT2D eigenvalue weighted by molar-refractivity contribution is 0.00400. The molecular weight excluding hydrogens is 422 g/mol. The van der Waals surface area contributed by atoms with Crippen LogP contribution in [0.3, 0.4) is 0 Å². The fourth-order valence-corrected chi connectivity index (χ4v) is 4.74. The van der Waals surface area contributed by atoms with E-state index in [1.807, 2.05) is 39.2 Å². The molecule has 1 aliphatic heterocycles. The molecule has 0 N–H and O–H groups in total. The minimum Gasteiger partial charge on any atom is -0.465 e. The van der Waals surface area contributed by atoms with Crippen molar-refractivity contribution >= 4 is 32.9 Å². The molecule has 10 heteroatoms. The van der Waals surface area contributed by atoms with Crippen LogP contribution >= 0.6 is 0 Å². The minimum atomic E-state index is -3.69. The quantitative estimate of drug-likeness (QED) is 0.660. The summed E-state index contributed by atoms with van der Waals surface area (Å²) in [6, 6.07) is 2.55. The molecule has 0 aliphatic carbocycles. The Labute approximate surface area is 182 Å². The van der Waals surface area contributed by atoms with E-state index >= 15 is 0 Å². The number of nitrogens with zero attached hydrogens (tertiary/aromatic N) is 3. The summed E-state index contributed by atoms with van der Waals surface area (Å²) in [5.41, 5.74) is 0.380. The second-order valence-corrected chi connectivity index (χ2v) is 11.1. The summed E-state index contributed by atoms with van der Waals surface area (Å²) < 4.78 is 37.0. The van der Waals surface area contributed by atoms with Gasteiger partial charge in [-0.05, 0) is 38.8 Å². The third-order valence-corrected chi connectivity index (χ3v) is 6.24. The molecule has 0 saturated heterocycles. The molecule has 1 aromatic carbocycles. The highest BCUT2D eigenvalue weighted by Gasteiger charge is 2.38. The van der Waals surface area contributed by atoms with E-state index in [0.717, 1.165) is 6.26 Å². The van der Waals surface area contributed by atoms with Gasteiger partial charge in [0.25, 0.3) is 0 Å². The third kappa shape index (κ3) is 4.39. The Morgan fingerprint density at radius 1 is 1.19 bits per heavy atom. The highest BCUT2D eigenvalue weighted by Crippen LogP contribution is 2.36. The van der Waals surface area contributed by atoms with Crippen LogP contribution in [0, 0.1) is 5.92 Å². The molecule has 2 heterocycles. The predicted molar refractivity (Wildman–Crippen MR) is 115 cm³/mol. The van der Waals surface area contributed by atoms with Crippen molar-refractivity contribution in [2.45, 2.75) is 57.7 Å². The van der Waals surface area contributed by atoms with Crippen LogP contribution in [0.4, 0.5) is 4.79 Å². The largest absolute Gasteiger partial charge is 0.465 e. The van der Waals surface area contributed by atoms with Crippen LogP contribution in [0.15, 0.2) is 17.0 Å². The average Bonchev–Trinajstić information content (AvgIpc) is 3.00. The summed E-state index contributed by atoms with van der Waals surface area (Å²) in [6.07, 6.45) is 0.631. The summed E-state index contributed by atoms with van der Waals surface area (Å²) in [5.74, 6) is -0.0921. The number of amides is 1. The molecule has 0 spiro atoms. The SMILES string of the molecule is COC(=O)c1cc2nc3n(c2cc1S(C)(=O)=O)CCN(C(=O)OC(C)(C)C)[C@@H]3C(C)C. The van der Waals surface area contributed by atoms with Crippen molar-refractivity contribution in [1.29, 1.82) is 0 Å². The van der Waals surface area contributed by atoms with Gasteiger partial charge in [-0.2, -0.15) is 0 Å². The van der Waals surface area contributed by atoms with Gasteiger partial charge in [-0.25, -0.2) is 23.0 Å². The number of carbonyl (C=O) groups is 2. The van der Waals surface area contributed by atoms with Gasteiger partial charge in [0.2, 0.25) is 0 Å². The van der Waals surface area contributed by atoms with E-state index in [2.05, 4.69) is 0 Å². The van der Waals surface area contributed by atoms with Gasteiger partial charge in [0, 0.05) is 19.3 Å². The number of methoxy groups -OCH3 is 1. The first-order valence-electron chi connectivity index (χ1n) is 10.1. The maximum absolute atomic E-state index is 12.8. The van der Waals surface area contributed by atoms with Gasteiger partial charge in [-0.15, -0.1) is 0 Å². The van der Waals surface area contributed by atoms with E-state index in [1.54, 1.807) is 4.90 Å². The van der Waals surface area contributed by atoms with E-state index in [-0.39, 0.29) is 22.4 Å². The number of hydrogen-bond donors (Lipinski definition) is 0. The van der Waals surface area contributed by atoms with Gasteiger partial charge in [-0.1, -0.05) is 13.8 Å². The lowest BCUT2D eigenvalue weighted by Gasteiger charge is -2.38. The number of aromatic nitrogens is 2. The first-order chi connectivity index (χ1) is 14.2. The Hall–Kier alpha value is -2.62. The van der Waals surface area contributed by atoms with Crippen molar-refractivity contribution in [3.8, 4) is 0 Å². The van der Waals surface area contributed by atoms with E-state index in [4.69, 9.17) is 14.5 Å². The zero-order chi connectivity index (χ0) is 23.3.